The molecule has 0 atom stereocenters. The molecule has 0 unspecified atom stereocenters. The maximum absolute atomic E-state index is 3.64. The molecule has 6 aromatic heterocycles. The molecule has 2 nitrogen and oxygen atoms in total. The standard InChI is InChI=1S/2C16H9NS2/c2*1-3-7-11-9(5-1)13-15(18-11)16-14(17-13)10-6-2-4-8-12(10)19-16/h2*1-8,17H. The molecular formula is C32H18N2S4. The monoisotopic (exact) mass is 558 g/mol. The molecule has 0 radical (unpaired) electrons. The maximum Gasteiger partial charge on any atom is 0.0711 e. The Hall–Kier alpha value is -3.68. The number of aromatic amines is 2. The molecule has 0 amide bonds. The van der Waals surface area contributed by atoms with E-state index in [1.807, 2.05) is 45.3 Å². The fourth-order valence-electron chi connectivity index (χ4n) is 5.57. The predicted molar refractivity (Wildman–Crippen MR) is 173 cm³/mol. The van der Waals surface area contributed by atoms with Crippen molar-refractivity contribution in [1.82, 2.24) is 9.97 Å². The van der Waals surface area contributed by atoms with E-state index >= 15 is 0 Å². The molecule has 0 spiro atoms. The molecule has 0 saturated carbocycles. The number of thiophene rings is 4. The Morgan fingerprint density at radius 1 is 0.316 bits per heavy atom. The lowest BCUT2D eigenvalue weighted by molar-refractivity contribution is 1.60. The zero-order chi connectivity index (χ0) is 24.8. The summed E-state index contributed by atoms with van der Waals surface area (Å²) in [4.78, 5) is 7.29. The topological polar surface area (TPSA) is 31.6 Å². The van der Waals surface area contributed by atoms with Crippen molar-refractivity contribution in [3.8, 4) is 0 Å². The van der Waals surface area contributed by atoms with Gasteiger partial charge in [0.15, 0.2) is 0 Å². The van der Waals surface area contributed by atoms with Gasteiger partial charge < -0.3 is 9.97 Å². The van der Waals surface area contributed by atoms with Gasteiger partial charge in [-0.1, -0.05) is 72.8 Å². The van der Waals surface area contributed by atoms with E-state index in [4.69, 9.17) is 0 Å². The number of nitrogens with one attached hydrogen (secondary N) is 2. The highest BCUT2D eigenvalue weighted by atomic mass is 32.1. The molecular weight excluding hydrogens is 541 g/mol. The Morgan fingerprint density at radius 2 is 0.553 bits per heavy atom. The van der Waals surface area contributed by atoms with Gasteiger partial charge in [-0.05, 0) is 24.3 Å². The van der Waals surface area contributed by atoms with Crippen molar-refractivity contribution < 1.29 is 0 Å². The summed E-state index contributed by atoms with van der Waals surface area (Å²) in [6.45, 7) is 0. The van der Waals surface area contributed by atoms with Crippen LogP contribution in [0.25, 0.3) is 81.2 Å². The van der Waals surface area contributed by atoms with Crippen LogP contribution in [0.15, 0.2) is 97.1 Å². The summed E-state index contributed by atoms with van der Waals surface area (Å²) < 4.78 is 11.1. The van der Waals surface area contributed by atoms with Crippen LogP contribution in [0.5, 0.6) is 0 Å². The van der Waals surface area contributed by atoms with Gasteiger partial charge in [0.1, 0.15) is 0 Å². The molecule has 0 aliphatic heterocycles. The number of benzene rings is 4. The third-order valence-electron chi connectivity index (χ3n) is 7.29. The first kappa shape index (κ1) is 21.3. The Labute approximate surface area is 232 Å². The molecule has 0 aliphatic rings. The van der Waals surface area contributed by atoms with Gasteiger partial charge in [0.2, 0.25) is 0 Å². The van der Waals surface area contributed by atoms with E-state index in [-0.39, 0.29) is 0 Å². The van der Waals surface area contributed by atoms with Crippen molar-refractivity contribution >= 4 is 127 Å². The second-order valence-corrected chi connectivity index (χ2v) is 13.7. The molecule has 10 aromatic rings. The molecule has 0 bridgehead atoms. The van der Waals surface area contributed by atoms with Crippen LogP contribution in [0.4, 0.5) is 0 Å². The second kappa shape index (κ2) is 7.91. The molecule has 0 aliphatic carbocycles. The average Bonchev–Trinajstić information content (AvgIpc) is 3.77. The lowest BCUT2D eigenvalue weighted by atomic mass is 10.2. The summed E-state index contributed by atoms with van der Waals surface area (Å²) in [5.41, 5.74) is 5.19. The summed E-state index contributed by atoms with van der Waals surface area (Å²) in [6.07, 6.45) is 0. The van der Waals surface area contributed by atoms with Gasteiger partial charge in [-0.3, -0.25) is 0 Å². The predicted octanol–water partition coefficient (Wildman–Crippen LogP) is 11.5. The molecule has 6 heteroatoms. The zero-order valence-electron chi connectivity index (χ0n) is 19.9. The highest BCUT2D eigenvalue weighted by Crippen LogP contribution is 2.45. The summed E-state index contributed by atoms with van der Waals surface area (Å²) in [6, 6.07) is 34.5. The van der Waals surface area contributed by atoms with Crippen molar-refractivity contribution in [1.29, 1.82) is 0 Å². The van der Waals surface area contributed by atoms with Crippen LogP contribution < -0.4 is 0 Å². The molecule has 2 N–H and O–H groups in total. The van der Waals surface area contributed by atoms with Gasteiger partial charge >= 0.3 is 0 Å². The van der Waals surface area contributed by atoms with Crippen LogP contribution in [0.2, 0.25) is 0 Å². The molecule has 4 aromatic carbocycles. The van der Waals surface area contributed by atoms with Crippen molar-refractivity contribution in [2.24, 2.45) is 0 Å². The highest BCUT2D eigenvalue weighted by Gasteiger charge is 2.16. The Bertz CT molecular complexity index is 2130. The minimum absolute atomic E-state index is 1.30. The first-order chi connectivity index (χ1) is 18.8. The second-order valence-electron chi connectivity index (χ2n) is 9.46. The Balaban J connectivity index is 0.000000111. The van der Waals surface area contributed by atoms with E-state index in [2.05, 4.69) is 107 Å². The van der Waals surface area contributed by atoms with Crippen LogP contribution >= 0.6 is 45.3 Å². The minimum Gasteiger partial charge on any atom is -0.352 e. The summed E-state index contributed by atoms with van der Waals surface area (Å²) >= 11 is 7.57. The van der Waals surface area contributed by atoms with Gasteiger partial charge in [-0.25, -0.2) is 0 Å². The van der Waals surface area contributed by atoms with E-state index in [1.165, 1.54) is 81.2 Å². The first-order valence-corrected chi connectivity index (χ1v) is 15.7. The minimum atomic E-state index is 1.30. The first-order valence-electron chi connectivity index (χ1n) is 12.4. The normalized spacial score (nSPS) is 12.2. The van der Waals surface area contributed by atoms with E-state index in [9.17, 15) is 0 Å². The number of hydrogen-bond acceptors (Lipinski definition) is 4. The fraction of sp³-hybridized carbons (Fsp3) is 0. The van der Waals surface area contributed by atoms with Crippen molar-refractivity contribution in [2.75, 3.05) is 0 Å². The van der Waals surface area contributed by atoms with Gasteiger partial charge in [-0.15, -0.1) is 45.3 Å². The highest BCUT2D eigenvalue weighted by molar-refractivity contribution is 7.34. The van der Waals surface area contributed by atoms with Crippen LogP contribution in [-0.4, -0.2) is 9.97 Å². The average molecular weight is 559 g/mol. The van der Waals surface area contributed by atoms with Crippen molar-refractivity contribution in [2.45, 2.75) is 0 Å². The van der Waals surface area contributed by atoms with E-state index in [0.717, 1.165) is 0 Å². The van der Waals surface area contributed by atoms with Crippen molar-refractivity contribution in [3.05, 3.63) is 97.1 Å². The molecule has 6 heterocycles. The SMILES string of the molecule is c1ccc2c(c1)sc1c2[nH]c2c3ccccc3sc21.c1ccc2c(c1)sc1c2[nH]c2c3ccccc3sc21. The summed E-state index contributed by atoms with van der Waals surface area (Å²) in [7, 11) is 0. The number of fused-ring (bicyclic) bond motifs is 14. The van der Waals surface area contributed by atoms with E-state index in [0.29, 0.717) is 0 Å². The van der Waals surface area contributed by atoms with Gasteiger partial charge in [-0.2, -0.15) is 0 Å². The smallest absolute Gasteiger partial charge is 0.0711 e. The molecule has 38 heavy (non-hydrogen) atoms. The molecule has 0 fully saturated rings. The Morgan fingerprint density at radius 3 is 0.816 bits per heavy atom. The van der Waals surface area contributed by atoms with E-state index in [1.54, 1.807) is 0 Å². The van der Waals surface area contributed by atoms with Crippen LogP contribution in [-0.2, 0) is 0 Å². The summed E-state index contributed by atoms with van der Waals surface area (Å²) in [5, 5.41) is 5.37. The number of H-pyrrole nitrogens is 2. The molecule has 0 saturated heterocycles. The fourth-order valence-corrected chi connectivity index (χ4v) is 10.5. The van der Waals surface area contributed by atoms with E-state index < -0.39 is 0 Å². The number of aromatic nitrogens is 2. The molecule has 180 valence electrons. The quantitative estimate of drug-likeness (QED) is 0.185. The third kappa shape index (κ3) is 2.91. The van der Waals surface area contributed by atoms with Gasteiger partial charge in [0.05, 0.1) is 40.9 Å². The number of hydrogen-bond donors (Lipinski definition) is 2. The maximum atomic E-state index is 3.64. The van der Waals surface area contributed by atoms with Gasteiger partial charge in [0, 0.05) is 40.3 Å². The zero-order valence-corrected chi connectivity index (χ0v) is 23.1. The van der Waals surface area contributed by atoms with Crippen molar-refractivity contribution in [3.63, 3.8) is 0 Å². The lowest BCUT2D eigenvalue weighted by Crippen LogP contribution is -1.67. The van der Waals surface area contributed by atoms with Gasteiger partial charge in [0.25, 0.3) is 0 Å². The van der Waals surface area contributed by atoms with Crippen LogP contribution in [0, 0.1) is 0 Å². The van der Waals surface area contributed by atoms with Crippen LogP contribution in [0.1, 0.15) is 0 Å². The third-order valence-corrected chi connectivity index (χ3v) is 12.3. The number of rotatable bonds is 0. The summed E-state index contributed by atoms with van der Waals surface area (Å²) in [5.74, 6) is 0. The van der Waals surface area contributed by atoms with Crippen LogP contribution in [0.3, 0.4) is 0 Å². The largest absolute Gasteiger partial charge is 0.352 e. The Kier molecular flexibility index (Phi) is 4.43. The molecule has 10 rings (SSSR count). The lowest BCUT2D eigenvalue weighted by Gasteiger charge is -1.89.